The van der Waals surface area contributed by atoms with Gasteiger partial charge >= 0.3 is 0 Å². The molecule has 20 heavy (non-hydrogen) atoms. The Kier molecular flexibility index (Phi) is 3.57. The minimum Gasteiger partial charge on any atom is -0.337 e. The molecule has 1 amide bonds. The third-order valence-electron chi connectivity index (χ3n) is 4.35. The van der Waals surface area contributed by atoms with E-state index in [1.165, 1.54) is 13.3 Å². The number of ketones is 1. The number of carbonyl (C=O) groups is 2. The maximum Gasteiger partial charge on any atom is 0.254 e. The molecule has 4 nitrogen and oxygen atoms in total. The maximum absolute atomic E-state index is 12.7. The highest BCUT2D eigenvalue weighted by Gasteiger charge is 2.32. The van der Waals surface area contributed by atoms with Crippen molar-refractivity contribution in [2.75, 3.05) is 13.1 Å². The number of nitrogens with one attached hydrogen (secondary N) is 1. The lowest BCUT2D eigenvalue weighted by Gasteiger charge is -2.25. The molecular formula is C16H20N2O2. The number of amides is 1. The van der Waals surface area contributed by atoms with Crippen molar-refractivity contribution in [3.8, 4) is 0 Å². The number of hydrogen-bond acceptors (Lipinski definition) is 3. The Morgan fingerprint density at radius 1 is 1.10 bits per heavy atom. The molecule has 0 spiro atoms. The summed E-state index contributed by atoms with van der Waals surface area (Å²) in [6.07, 6.45) is 3.37. The van der Waals surface area contributed by atoms with Crippen LogP contribution in [-0.4, -0.2) is 41.8 Å². The summed E-state index contributed by atoms with van der Waals surface area (Å²) in [5.74, 6) is -0.0615. The quantitative estimate of drug-likeness (QED) is 0.836. The summed E-state index contributed by atoms with van der Waals surface area (Å²) in [6, 6.07) is 8.09. The molecular weight excluding hydrogens is 252 g/mol. The van der Waals surface area contributed by atoms with E-state index in [-0.39, 0.29) is 11.7 Å². The van der Waals surface area contributed by atoms with E-state index in [9.17, 15) is 9.59 Å². The smallest absolute Gasteiger partial charge is 0.254 e. The Morgan fingerprint density at radius 3 is 2.55 bits per heavy atom. The molecule has 2 atom stereocenters. The fourth-order valence-corrected chi connectivity index (χ4v) is 3.27. The highest BCUT2D eigenvalue weighted by molar-refractivity contribution is 6.07. The summed E-state index contributed by atoms with van der Waals surface area (Å²) >= 11 is 0. The van der Waals surface area contributed by atoms with Crippen LogP contribution in [0.1, 0.15) is 46.9 Å². The van der Waals surface area contributed by atoms with Crippen LogP contribution in [0.25, 0.3) is 0 Å². The first kappa shape index (κ1) is 13.3. The molecule has 1 N–H and O–H groups in total. The molecule has 2 aliphatic heterocycles. The van der Waals surface area contributed by atoms with Crippen molar-refractivity contribution in [1.29, 1.82) is 0 Å². The van der Waals surface area contributed by atoms with Crippen LogP contribution in [0.4, 0.5) is 0 Å². The van der Waals surface area contributed by atoms with Gasteiger partial charge < -0.3 is 10.2 Å². The highest BCUT2D eigenvalue weighted by Crippen LogP contribution is 2.22. The second kappa shape index (κ2) is 5.37. The maximum atomic E-state index is 12.7. The molecule has 4 heteroatoms. The van der Waals surface area contributed by atoms with Crippen LogP contribution < -0.4 is 5.32 Å². The number of hydrogen-bond donors (Lipinski definition) is 1. The largest absolute Gasteiger partial charge is 0.337 e. The Hall–Kier alpha value is -1.68. The highest BCUT2D eigenvalue weighted by atomic mass is 16.2. The van der Waals surface area contributed by atoms with Gasteiger partial charge in [-0.1, -0.05) is 18.2 Å². The third kappa shape index (κ3) is 2.48. The van der Waals surface area contributed by atoms with Crippen molar-refractivity contribution in [2.45, 2.75) is 38.3 Å². The van der Waals surface area contributed by atoms with Crippen LogP contribution in [0.3, 0.4) is 0 Å². The lowest BCUT2D eigenvalue weighted by molar-refractivity contribution is 0.0743. The van der Waals surface area contributed by atoms with Crippen molar-refractivity contribution in [2.24, 2.45) is 0 Å². The Balaban J connectivity index is 1.84. The van der Waals surface area contributed by atoms with Gasteiger partial charge in [0, 0.05) is 30.7 Å². The fourth-order valence-electron chi connectivity index (χ4n) is 3.27. The van der Waals surface area contributed by atoms with Crippen molar-refractivity contribution in [3.05, 3.63) is 35.4 Å². The van der Waals surface area contributed by atoms with Crippen molar-refractivity contribution in [1.82, 2.24) is 10.2 Å². The van der Waals surface area contributed by atoms with E-state index in [4.69, 9.17) is 0 Å². The molecule has 1 aromatic carbocycles. The molecule has 2 saturated heterocycles. The van der Waals surface area contributed by atoms with Gasteiger partial charge in [0.05, 0.1) is 5.56 Å². The van der Waals surface area contributed by atoms with E-state index >= 15 is 0 Å². The van der Waals surface area contributed by atoms with E-state index in [2.05, 4.69) is 5.32 Å². The van der Waals surface area contributed by atoms with Gasteiger partial charge in [0.25, 0.3) is 5.91 Å². The zero-order chi connectivity index (χ0) is 14.1. The normalized spacial score (nSPS) is 25.4. The van der Waals surface area contributed by atoms with E-state index in [1.54, 1.807) is 18.2 Å². The predicted molar refractivity (Wildman–Crippen MR) is 76.9 cm³/mol. The zero-order valence-corrected chi connectivity index (χ0v) is 11.8. The lowest BCUT2D eigenvalue weighted by atomic mass is 10.0. The first-order valence-corrected chi connectivity index (χ1v) is 7.30. The minimum atomic E-state index is -0.0524. The molecule has 2 bridgehead atoms. The molecule has 106 valence electrons. The van der Waals surface area contributed by atoms with Gasteiger partial charge in [0.2, 0.25) is 0 Å². The Bertz CT molecular complexity index is 541. The van der Waals surface area contributed by atoms with Crippen LogP contribution in [0.15, 0.2) is 24.3 Å². The Labute approximate surface area is 119 Å². The van der Waals surface area contributed by atoms with Crippen LogP contribution in [-0.2, 0) is 0 Å². The van der Waals surface area contributed by atoms with Crippen molar-refractivity contribution >= 4 is 11.7 Å². The van der Waals surface area contributed by atoms with Gasteiger partial charge in [-0.3, -0.25) is 9.59 Å². The molecule has 3 rings (SSSR count). The number of carbonyl (C=O) groups excluding carboxylic acids is 2. The van der Waals surface area contributed by atoms with Gasteiger partial charge in [-0.05, 0) is 32.3 Å². The molecule has 0 radical (unpaired) electrons. The van der Waals surface area contributed by atoms with E-state index < -0.39 is 0 Å². The van der Waals surface area contributed by atoms with Crippen molar-refractivity contribution in [3.63, 3.8) is 0 Å². The number of Topliss-reactive ketones (excluding diaryl/α,β-unsaturated/α-hetero) is 1. The predicted octanol–water partition coefficient (Wildman–Crippen LogP) is 1.86. The second-order valence-electron chi connectivity index (χ2n) is 5.78. The van der Waals surface area contributed by atoms with Crippen LogP contribution in [0, 0.1) is 0 Å². The molecule has 2 fully saturated rings. The van der Waals surface area contributed by atoms with Crippen LogP contribution in [0.2, 0.25) is 0 Å². The first-order valence-electron chi connectivity index (χ1n) is 7.30. The number of likely N-dealkylation sites (tertiary alicyclic amines) is 1. The summed E-state index contributed by atoms with van der Waals surface area (Å²) in [5, 5.41) is 3.57. The lowest BCUT2D eigenvalue weighted by Crippen LogP contribution is -2.39. The van der Waals surface area contributed by atoms with Gasteiger partial charge in [0.15, 0.2) is 5.78 Å². The standard InChI is InChI=1S/C16H20N2O2/c1-11(19)14-4-2-3-5-15(14)16(20)18-9-8-12-6-7-13(10-18)17-12/h2-5,12-13,17H,6-10H2,1H3. The van der Waals surface area contributed by atoms with Gasteiger partial charge in [-0.2, -0.15) is 0 Å². The van der Waals surface area contributed by atoms with E-state index in [1.807, 2.05) is 11.0 Å². The summed E-state index contributed by atoms with van der Waals surface area (Å²) in [5.41, 5.74) is 1.07. The molecule has 0 saturated carbocycles. The molecule has 2 unspecified atom stereocenters. The topological polar surface area (TPSA) is 49.4 Å². The Morgan fingerprint density at radius 2 is 1.80 bits per heavy atom. The SMILES string of the molecule is CC(=O)c1ccccc1C(=O)N1CCC2CCC(C1)N2. The number of fused-ring (bicyclic) bond motifs is 2. The minimum absolute atomic E-state index is 0.00912. The number of nitrogens with zero attached hydrogens (tertiary/aromatic N) is 1. The number of benzene rings is 1. The molecule has 0 aromatic heterocycles. The zero-order valence-electron chi connectivity index (χ0n) is 11.8. The molecule has 2 heterocycles. The summed E-state index contributed by atoms with van der Waals surface area (Å²) in [7, 11) is 0. The van der Waals surface area contributed by atoms with Gasteiger partial charge in [-0.15, -0.1) is 0 Å². The average molecular weight is 272 g/mol. The van der Waals surface area contributed by atoms with E-state index in [0.29, 0.717) is 23.2 Å². The van der Waals surface area contributed by atoms with Crippen LogP contribution in [0.5, 0.6) is 0 Å². The summed E-state index contributed by atoms with van der Waals surface area (Å²) in [6.45, 7) is 3.04. The second-order valence-corrected chi connectivity index (χ2v) is 5.78. The van der Waals surface area contributed by atoms with Gasteiger partial charge in [-0.25, -0.2) is 0 Å². The fraction of sp³-hybridized carbons (Fsp3) is 0.500. The molecule has 2 aliphatic rings. The molecule has 1 aromatic rings. The average Bonchev–Trinajstić information content (AvgIpc) is 2.77. The number of rotatable bonds is 2. The van der Waals surface area contributed by atoms with Gasteiger partial charge in [0.1, 0.15) is 0 Å². The van der Waals surface area contributed by atoms with Crippen molar-refractivity contribution < 1.29 is 9.59 Å². The monoisotopic (exact) mass is 272 g/mol. The first-order chi connectivity index (χ1) is 9.65. The third-order valence-corrected chi connectivity index (χ3v) is 4.35. The van der Waals surface area contributed by atoms with Crippen LogP contribution >= 0.6 is 0 Å². The van der Waals surface area contributed by atoms with E-state index in [0.717, 1.165) is 25.9 Å². The molecule has 0 aliphatic carbocycles. The summed E-state index contributed by atoms with van der Waals surface area (Å²) in [4.78, 5) is 26.3. The summed E-state index contributed by atoms with van der Waals surface area (Å²) < 4.78 is 0.